The third-order valence-electron chi connectivity index (χ3n) is 2.27. The van der Waals surface area contributed by atoms with Crippen LogP contribution in [0.4, 0.5) is 0 Å². The Hall–Kier alpha value is -0.170. The molecule has 1 aliphatic heterocycles. The number of β-amino-alcohol motifs (C(OH)–C–C–N with tert-alkyl or cyclic N) is 1. The highest BCUT2D eigenvalue weighted by Crippen LogP contribution is 2.18. The van der Waals surface area contributed by atoms with Crippen molar-refractivity contribution in [1.29, 1.82) is 0 Å². The van der Waals surface area contributed by atoms with E-state index in [9.17, 15) is 13.5 Å². The monoisotopic (exact) mass is 222 g/mol. The molecule has 2 unspecified atom stereocenters. The van der Waals surface area contributed by atoms with E-state index < -0.39 is 16.3 Å². The van der Waals surface area contributed by atoms with E-state index >= 15 is 0 Å². The van der Waals surface area contributed by atoms with E-state index in [0.29, 0.717) is 19.5 Å². The summed E-state index contributed by atoms with van der Waals surface area (Å²) in [5.41, 5.74) is 0. The molecule has 0 saturated carbocycles. The molecular weight excluding hydrogens is 204 g/mol. The maximum absolute atomic E-state index is 11.6. The Balaban J connectivity index is 2.68. The van der Waals surface area contributed by atoms with Gasteiger partial charge in [-0.2, -0.15) is 12.7 Å². The van der Waals surface area contributed by atoms with Crippen LogP contribution >= 0.6 is 0 Å². The number of piperidine rings is 1. The summed E-state index contributed by atoms with van der Waals surface area (Å²) in [6.45, 7) is 4.76. The highest BCUT2D eigenvalue weighted by atomic mass is 32.2. The third-order valence-corrected chi connectivity index (χ3v) is 3.90. The van der Waals surface area contributed by atoms with Gasteiger partial charge in [-0.25, -0.2) is 4.72 Å². The first-order valence-corrected chi connectivity index (χ1v) is 6.32. The fourth-order valence-electron chi connectivity index (χ4n) is 1.74. The predicted molar refractivity (Wildman–Crippen MR) is 54.0 cm³/mol. The minimum absolute atomic E-state index is 0.208. The van der Waals surface area contributed by atoms with E-state index in [1.165, 1.54) is 4.31 Å². The van der Waals surface area contributed by atoms with Crippen molar-refractivity contribution in [3.63, 3.8) is 0 Å². The van der Waals surface area contributed by atoms with Crippen LogP contribution in [0.5, 0.6) is 0 Å². The molecule has 1 saturated heterocycles. The topological polar surface area (TPSA) is 69.6 Å². The van der Waals surface area contributed by atoms with Gasteiger partial charge in [0.05, 0.1) is 6.10 Å². The number of hydrogen-bond acceptors (Lipinski definition) is 3. The smallest absolute Gasteiger partial charge is 0.279 e. The van der Waals surface area contributed by atoms with E-state index in [2.05, 4.69) is 4.72 Å². The van der Waals surface area contributed by atoms with Crippen LogP contribution in [0.1, 0.15) is 20.3 Å². The predicted octanol–water partition coefficient (Wildman–Crippen LogP) is -0.457. The molecule has 1 heterocycles. The van der Waals surface area contributed by atoms with E-state index in [4.69, 9.17) is 0 Å². The molecule has 1 fully saturated rings. The molecule has 0 amide bonds. The molecular formula is C8H18N2O3S. The fraction of sp³-hybridized carbons (Fsp3) is 1.00. The second kappa shape index (κ2) is 4.57. The number of aliphatic hydroxyl groups excluding tert-OH is 1. The van der Waals surface area contributed by atoms with Crippen molar-refractivity contribution in [1.82, 2.24) is 9.03 Å². The van der Waals surface area contributed by atoms with Crippen LogP contribution < -0.4 is 4.72 Å². The fourth-order valence-corrected chi connectivity index (χ4v) is 3.11. The van der Waals surface area contributed by atoms with Crippen molar-refractivity contribution in [3.8, 4) is 0 Å². The molecule has 1 rings (SSSR count). The Morgan fingerprint density at radius 1 is 1.50 bits per heavy atom. The van der Waals surface area contributed by atoms with Crippen LogP contribution in [-0.2, 0) is 10.2 Å². The number of nitrogens with zero attached hydrogens (tertiary/aromatic N) is 1. The summed E-state index contributed by atoms with van der Waals surface area (Å²) < 4.78 is 26.9. The van der Waals surface area contributed by atoms with Gasteiger partial charge in [-0.1, -0.05) is 13.8 Å². The average Bonchev–Trinajstić information content (AvgIpc) is 2.02. The molecule has 0 aromatic rings. The molecule has 84 valence electrons. The van der Waals surface area contributed by atoms with Gasteiger partial charge in [0.25, 0.3) is 10.2 Å². The first kappa shape index (κ1) is 11.9. The van der Waals surface area contributed by atoms with Crippen molar-refractivity contribution in [2.75, 3.05) is 19.6 Å². The summed E-state index contributed by atoms with van der Waals surface area (Å²) in [6.07, 6.45) is 0.144. The largest absolute Gasteiger partial charge is 0.392 e. The molecule has 0 aromatic heterocycles. The zero-order valence-electron chi connectivity index (χ0n) is 8.60. The molecule has 14 heavy (non-hydrogen) atoms. The molecule has 6 heteroatoms. The van der Waals surface area contributed by atoms with E-state index in [1.807, 2.05) is 6.92 Å². The molecule has 0 radical (unpaired) electrons. The maximum Gasteiger partial charge on any atom is 0.279 e. The number of hydrogen-bond donors (Lipinski definition) is 2. The van der Waals surface area contributed by atoms with Gasteiger partial charge in [-0.3, -0.25) is 0 Å². The lowest BCUT2D eigenvalue weighted by Crippen LogP contribution is -2.49. The van der Waals surface area contributed by atoms with Crippen LogP contribution in [0.25, 0.3) is 0 Å². The maximum atomic E-state index is 11.6. The Morgan fingerprint density at radius 3 is 2.64 bits per heavy atom. The summed E-state index contributed by atoms with van der Waals surface area (Å²) in [6, 6.07) is 0. The first-order chi connectivity index (χ1) is 6.45. The van der Waals surface area contributed by atoms with E-state index in [0.717, 1.165) is 0 Å². The molecule has 2 atom stereocenters. The molecule has 1 aliphatic rings. The second-order valence-corrected chi connectivity index (χ2v) is 5.57. The van der Waals surface area contributed by atoms with Crippen molar-refractivity contribution in [3.05, 3.63) is 0 Å². The quantitative estimate of drug-likeness (QED) is 0.679. The summed E-state index contributed by atoms with van der Waals surface area (Å²) in [7, 11) is -3.38. The van der Waals surface area contributed by atoms with Crippen LogP contribution in [-0.4, -0.2) is 43.6 Å². The Morgan fingerprint density at radius 2 is 2.14 bits per heavy atom. The first-order valence-electron chi connectivity index (χ1n) is 4.88. The Bertz CT molecular complexity index is 268. The van der Waals surface area contributed by atoms with Crippen LogP contribution in [0.15, 0.2) is 0 Å². The van der Waals surface area contributed by atoms with Crippen LogP contribution in [0.3, 0.4) is 0 Å². The van der Waals surface area contributed by atoms with Gasteiger partial charge in [0.1, 0.15) is 0 Å². The summed E-state index contributed by atoms with van der Waals surface area (Å²) in [5, 5.41) is 9.45. The van der Waals surface area contributed by atoms with Crippen molar-refractivity contribution >= 4 is 10.2 Å². The van der Waals surface area contributed by atoms with Gasteiger partial charge in [0.2, 0.25) is 0 Å². The highest BCUT2D eigenvalue weighted by molar-refractivity contribution is 7.87. The summed E-state index contributed by atoms with van der Waals surface area (Å²) in [4.78, 5) is 0. The summed E-state index contributed by atoms with van der Waals surface area (Å²) >= 11 is 0. The zero-order valence-corrected chi connectivity index (χ0v) is 9.42. The van der Waals surface area contributed by atoms with E-state index in [-0.39, 0.29) is 12.5 Å². The van der Waals surface area contributed by atoms with Gasteiger partial charge in [-0.05, 0) is 12.3 Å². The minimum atomic E-state index is -3.38. The number of rotatable bonds is 3. The van der Waals surface area contributed by atoms with Crippen LogP contribution in [0.2, 0.25) is 0 Å². The van der Waals surface area contributed by atoms with Crippen LogP contribution in [0, 0.1) is 5.92 Å². The zero-order chi connectivity index (χ0) is 10.8. The van der Waals surface area contributed by atoms with Crippen molar-refractivity contribution in [2.24, 2.45) is 5.92 Å². The highest BCUT2D eigenvalue weighted by Gasteiger charge is 2.30. The molecule has 0 aromatic carbocycles. The van der Waals surface area contributed by atoms with Gasteiger partial charge >= 0.3 is 0 Å². The minimum Gasteiger partial charge on any atom is -0.392 e. The van der Waals surface area contributed by atoms with Gasteiger partial charge < -0.3 is 5.11 Å². The average molecular weight is 222 g/mol. The van der Waals surface area contributed by atoms with E-state index in [1.54, 1.807) is 6.92 Å². The van der Waals surface area contributed by atoms with Crippen molar-refractivity contribution in [2.45, 2.75) is 26.4 Å². The van der Waals surface area contributed by atoms with Crippen molar-refractivity contribution < 1.29 is 13.5 Å². The number of aliphatic hydroxyl groups is 1. The Labute approximate surface area is 85.3 Å². The lowest BCUT2D eigenvalue weighted by Gasteiger charge is -2.32. The Kier molecular flexibility index (Phi) is 3.88. The molecule has 2 N–H and O–H groups in total. The molecule has 0 spiro atoms. The standard InChI is InChI=1S/C8H18N2O3S/c1-3-9-14(12,13)10-5-7(2)4-8(11)6-10/h7-9,11H,3-6H2,1-2H3. The second-order valence-electron chi connectivity index (χ2n) is 3.81. The lowest BCUT2D eigenvalue weighted by atomic mass is 10.00. The molecule has 5 nitrogen and oxygen atoms in total. The normalized spacial score (nSPS) is 30.5. The molecule has 0 bridgehead atoms. The van der Waals surface area contributed by atoms with Gasteiger partial charge in [0.15, 0.2) is 0 Å². The van der Waals surface area contributed by atoms with Gasteiger partial charge in [-0.15, -0.1) is 0 Å². The summed E-state index contributed by atoms with van der Waals surface area (Å²) in [5.74, 6) is 0.215. The molecule has 0 aliphatic carbocycles. The number of nitrogens with one attached hydrogen (secondary N) is 1. The van der Waals surface area contributed by atoms with Gasteiger partial charge in [0, 0.05) is 19.6 Å². The lowest BCUT2D eigenvalue weighted by molar-refractivity contribution is 0.0815. The third kappa shape index (κ3) is 2.91. The SMILES string of the molecule is CCNS(=O)(=O)N1CC(C)CC(O)C1.